The van der Waals surface area contributed by atoms with Gasteiger partial charge in [-0.05, 0) is 29.2 Å². The van der Waals surface area contributed by atoms with Crippen molar-refractivity contribution in [3.05, 3.63) is 54.2 Å². The summed E-state index contributed by atoms with van der Waals surface area (Å²) in [6.07, 6.45) is 1.93. The lowest BCUT2D eigenvalue weighted by Gasteiger charge is -2.18. The highest BCUT2D eigenvalue weighted by atomic mass is 16.5. The molecule has 2 rings (SSSR count). The second-order valence-electron chi connectivity index (χ2n) is 5.77. The fraction of sp³-hybridized carbons (Fsp3) is 0.353. The van der Waals surface area contributed by atoms with Gasteiger partial charge < -0.3 is 10.1 Å². The number of hydrogen-bond donors (Lipinski definition) is 1. The predicted molar refractivity (Wildman–Crippen MR) is 83.4 cm³/mol. The average Bonchev–Trinajstić information content (AvgIpc) is 2.44. The number of hydrogen-bond acceptors (Lipinski definition) is 3. The third kappa shape index (κ3) is 4.26. The van der Waals surface area contributed by atoms with Crippen LogP contribution >= 0.6 is 0 Å². The van der Waals surface area contributed by atoms with Crippen molar-refractivity contribution in [1.29, 1.82) is 0 Å². The summed E-state index contributed by atoms with van der Waals surface area (Å²) in [5, 5.41) is 3.26. The molecule has 3 nitrogen and oxygen atoms in total. The Balaban J connectivity index is 1.77. The molecule has 0 atom stereocenters. The molecule has 0 aliphatic heterocycles. The largest absolute Gasteiger partial charge is 0.492 e. The Morgan fingerprint density at radius 1 is 1.05 bits per heavy atom. The van der Waals surface area contributed by atoms with Gasteiger partial charge in [0, 0.05) is 6.20 Å². The maximum atomic E-state index is 5.62. The number of nitrogens with zero attached hydrogens (tertiary/aromatic N) is 1. The molecule has 1 heterocycles. The lowest BCUT2D eigenvalue weighted by Crippen LogP contribution is -2.14. The number of aromatic nitrogens is 1. The lowest BCUT2D eigenvalue weighted by atomic mass is 9.88. The molecule has 0 amide bonds. The van der Waals surface area contributed by atoms with Crippen molar-refractivity contribution in [2.45, 2.75) is 26.2 Å². The third-order valence-electron chi connectivity index (χ3n) is 3.05. The van der Waals surface area contributed by atoms with E-state index in [0.717, 1.165) is 18.1 Å². The SMILES string of the molecule is CC(C)(C)c1ccc(NCCOc2ccccc2)nc1. The highest BCUT2D eigenvalue weighted by Gasteiger charge is 2.13. The normalized spacial score (nSPS) is 11.2. The minimum absolute atomic E-state index is 0.141. The first-order chi connectivity index (χ1) is 9.55. The van der Waals surface area contributed by atoms with Crippen molar-refractivity contribution in [2.75, 3.05) is 18.5 Å². The molecule has 0 radical (unpaired) electrons. The van der Waals surface area contributed by atoms with Gasteiger partial charge in [0.15, 0.2) is 0 Å². The Labute approximate surface area is 121 Å². The van der Waals surface area contributed by atoms with Crippen LogP contribution in [0.5, 0.6) is 5.75 Å². The van der Waals surface area contributed by atoms with Crippen LogP contribution in [-0.4, -0.2) is 18.1 Å². The maximum absolute atomic E-state index is 5.62. The molecule has 0 unspecified atom stereocenters. The number of pyridine rings is 1. The Morgan fingerprint density at radius 2 is 1.80 bits per heavy atom. The number of para-hydroxylation sites is 1. The molecule has 106 valence electrons. The molecule has 3 heteroatoms. The number of ether oxygens (including phenoxy) is 1. The van der Waals surface area contributed by atoms with Gasteiger partial charge in [-0.1, -0.05) is 45.0 Å². The Kier molecular flexibility index (Phi) is 4.61. The number of benzene rings is 1. The molecule has 0 aliphatic carbocycles. The summed E-state index contributed by atoms with van der Waals surface area (Å²) < 4.78 is 5.62. The highest BCUT2D eigenvalue weighted by Crippen LogP contribution is 2.21. The molecule has 1 N–H and O–H groups in total. The first-order valence-electron chi connectivity index (χ1n) is 6.94. The van der Waals surface area contributed by atoms with Crippen molar-refractivity contribution in [3.63, 3.8) is 0 Å². The van der Waals surface area contributed by atoms with E-state index < -0.39 is 0 Å². The summed E-state index contributed by atoms with van der Waals surface area (Å²) in [5.74, 6) is 1.78. The van der Waals surface area contributed by atoms with E-state index in [1.165, 1.54) is 5.56 Å². The molecule has 0 fully saturated rings. The molecule has 0 saturated carbocycles. The van der Waals surface area contributed by atoms with Crippen LogP contribution in [0, 0.1) is 0 Å². The predicted octanol–water partition coefficient (Wildman–Crippen LogP) is 3.87. The minimum atomic E-state index is 0.141. The molecule has 0 bridgehead atoms. The summed E-state index contributed by atoms with van der Waals surface area (Å²) in [6, 6.07) is 14.0. The zero-order valence-electron chi connectivity index (χ0n) is 12.4. The summed E-state index contributed by atoms with van der Waals surface area (Å²) in [5.41, 5.74) is 1.38. The van der Waals surface area contributed by atoms with Crippen molar-refractivity contribution < 1.29 is 4.74 Å². The van der Waals surface area contributed by atoms with Gasteiger partial charge in [-0.25, -0.2) is 4.98 Å². The number of nitrogens with one attached hydrogen (secondary N) is 1. The van der Waals surface area contributed by atoms with E-state index in [0.29, 0.717) is 6.61 Å². The molecule has 1 aromatic carbocycles. The highest BCUT2D eigenvalue weighted by molar-refractivity contribution is 5.37. The number of rotatable bonds is 5. The first-order valence-corrected chi connectivity index (χ1v) is 6.94. The van der Waals surface area contributed by atoms with E-state index in [4.69, 9.17) is 4.74 Å². The summed E-state index contributed by atoms with van der Waals surface area (Å²) in [6.45, 7) is 7.91. The van der Waals surface area contributed by atoms with E-state index in [1.807, 2.05) is 42.6 Å². The van der Waals surface area contributed by atoms with Crippen molar-refractivity contribution >= 4 is 5.82 Å². The van der Waals surface area contributed by atoms with Crippen LogP contribution in [0.15, 0.2) is 48.7 Å². The van der Waals surface area contributed by atoms with E-state index >= 15 is 0 Å². The van der Waals surface area contributed by atoms with Crippen LogP contribution in [0.25, 0.3) is 0 Å². The van der Waals surface area contributed by atoms with Crippen LogP contribution in [0.3, 0.4) is 0 Å². The van der Waals surface area contributed by atoms with Crippen LogP contribution < -0.4 is 10.1 Å². The summed E-state index contributed by atoms with van der Waals surface area (Å²) in [7, 11) is 0. The van der Waals surface area contributed by atoms with E-state index in [-0.39, 0.29) is 5.41 Å². The van der Waals surface area contributed by atoms with Crippen molar-refractivity contribution in [2.24, 2.45) is 0 Å². The smallest absolute Gasteiger partial charge is 0.126 e. The third-order valence-corrected chi connectivity index (χ3v) is 3.05. The fourth-order valence-corrected chi connectivity index (χ4v) is 1.81. The van der Waals surface area contributed by atoms with Gasteiger partial charge in [0.05, 0.1) is 6.54 Å². The molecule has 0 aliphatic rings. The van der Waals surface area contributed by atoms with Crippen molar-refractivity contribution in [1.82, 2.24) is 4.98 Å². The van der Waals surface area contributed by atoms with Gasteiger partial charge in [0.1, 0.15) is 18.2 Å². The standard InChI is InChI=1S/C17H22N2O/c1-17(2,3)14-9-10-16(19-13-14)18-11-12-20-15-7-5-4-6-8-15/h4-10,13H,11-12H2,1-3H3,(H,18,19). The summed E-state index contributed by atoms with van der Waals surface area (Å²) in [4.78, 5) is 4.42. The van der Waals surface area contributed by atoms with Gasteiger partial charge in [-0.2, -0.15) is 0 Å². The fourth-order valence-electron chi connectivity index (χ4n) is 1.81. The maximum Gasteiger partial charge on any atom is 0.126 e. The van der Waals surface area contributed by atoms with Crippen molar-refractivity contribution in [3.8, 4) is 5.75 Å². The second-order valence-corrected chi connectivity index (χ2v) is 5.77. The molecule has 0 spiro atoms. The van der Waals surface area contributed by atoms with Gasteiger partial charge in [0.2, 0.25) is 0 Å². The van der Waals surface area contributed by atoms with Crippen LogP contribution in [-0.2, 0) is 5.41 Å². The Morgan fingerprint density at radius 3 is 2.40 bits per heavy atom. The molecule has 1 aromatic heterocycles. The van der Waals surface area contributed by atoms with Crippen LogP contribution in [0.1, 0.15) is 26.3 Å². The average molecular weight is 270 g/mol. The first kappa shape index (κ1) is 14.4. The van der Waals surface area contributed by atoms with E-state index in [1.54, 1.807) is 0 Å². The Bertz CT molecular complexity index is 515. The van der Waals surface area contributed by atoms with Gasteiger partial charge in [0.25, 0.3) is 0 Å². The van der Waals surface area contributed by atoms with Crippen LogP contribution in [0.4, 0.5) is 5.82 Å². The topological polar surface area (TPSA) is 34.1 Å². The van der Waals surface area contributed by atoms with Gasteiger partial charge in [-0.15, -0.1) is 0 Å². The number of anilines is 1. The van der Waals surface area contributed by atoms with Crippen LogP contribution in [0.2, 0.25) is 0 Å². The molecular weight excluding hydrogens is 248 g/mol. The second kappa shape index (κ2) is 6.42. The molecule has 0 saturated heterocycles. The Hall–Kier alpha value is -2.03. The monoisotopic (exact) mass is 270 g/mol. The quantitative estimate of drug-likeness (QED) is 0.837. The van der Waals surface area contributed by atoms with Gasteiger partial charge in [-0.3, -0.25) is 0 Å². The van der Waals surface area contributed by atoms with Gasteiger partial charge >= 0.3 is 0 Å². The summed E-state index contributed by atoms with van der Waals surface area (Å²) >= 11 is 0. The van der Waals surface area contributed by atoms with E-state index in [2.05, 4.69) is 37.1 Å². The molecule has 2 aromatic rings. The minimum Gasteiger partial charge on any atom is -0.492 e. The zero-order chi connectivity index (χ0) is 14.4. The lowest BCUT2D eigenvalue weighted by molar-refractivity contribution is 0.333. The molecular formula is C17H22N2O. The van der Waals surface area contributed by atoms with E-state index in [9.17, 15) is 0 Å². The zero-order valence-corrected chi connectivity index (χ0v) is 12.4. The molecule has 20 heavy (non-hydrogen) atoms.